The van der Waals surface area contributed by atoms with Gasteiger partial charge in [0.05, 0.1) is 6.04 Å². The quantitative estimate of drug-likeness (QED) is 0.796. The van der Waals surface area contributed by atoms with Crippen LogP contribution in [0.25, 0.3) is 0 Å². The molecule has 3 nitrogen and oxygen atoms in total. The maximum Gasteiger partial charge on any atom is 0.234 e. The molecule has 2 aliphatic rings. The van der Waals surface area contributed by atoms with Gasteiger partial charge in [0.2, 0.25) is 5.91 Å². The molecule has 2 rings (SSSR count). The number of amides is 1. The molecule has 1 aliphatic heterocycles. The second-order valence-corrected chi connectivity index (χ2v) is 5.41. The van der Waals surface area contributed by atoms with E-state index in [1.54, 1.807) is 0 Å². The average Bonchev–Trinajstić information content (AvgIpc) is 2.31. The van der Waals surface area contributed by atoms with Gasteiger partial charge < -0.3 is 5.73 Å². The second-order valence-electron chi connectivity index (χ2n) is 5.41. The number of rotatable bonds is 3. The molecule has 0 aromatic carbocycles. The number of nitrogens with zero attached hydrogens (tertiary/aromatic N) is 1. The van der Waals surface area contributed by atoms with Gasteiger partial charge in [-0.3, -0.25) is 9.69 Å². The molecule has 1 heterocycles. The molecular formula is C13H24N2O. The van der Waals surface area contributed by atoms with Crippen molar-refractivity contribution in [3.05, 3.63) is 0 Å². The lowest BCUT2D eigenvalue weighted by Gasteiger charge is -2.37. The Balaban J connectivity index is 1.87. The smallest absolute Gasteiger partial charge is 0.234 e. The highest BCUT2D eigenvalue weighted by atomic mass is 16.1. The highest BCUT2D eigenvalue weighted by Gasteiger charge is 2.28. The van der Waals surface area contributed by atoms with Crippen molar-refractivity contribution < 1.29 is 4.79 Å². The van der Waals surface area contributed by atoms with Crippen molar-refractivity contribution in [2.24, 2.45) is 11.7 Å². The molecule has 1 atom stereocenters. The zero-order chi connectivity index (χ0) is 11.4. The van der Waals surface area contributed by atoms with Crippen LogP contribution in [0.1, 0.15) is 51.4 Å². The third kappa shape index (κ3) is 2.97. The van der Waals surface area contributed by atoms with E-state index in [1.165, 1.54) is 38.5 Å². The number of likely N-dealkylation sites (tertiary alicyclic amines) is 1. The van der Waals surface area contributed by atoms with Crippen LogP contribution in [0, 0.1) is 5.92 Å². The van der Waals surface area contributed by atoms with Gasteiger partial charge in [0, 0.05) is 6.54 Å². The van der Waals surface area contributed by atoms with Crippen molar-refractivity contribution in [3.8, 4) is 0 Å². The molecule has 0 aromatic rings. The molecular weight excluding hydrogens is 200 g/mol. The van der Waals surface area contributed by atoms with E-state index in [1.807, 2.05) is 0 Å². The Labute approximate surface area is 98.4 Å². The number of hydrogen-bond acceptors (Lipinski definition) is 2. The summed E-state index contributed by atoms with van der Waals surface area (Å²) in [6.45, 7) is 2.18. The lowest BCUT2D eigenvalue weighted by atomic mass is 9.88. The first-order valence-corrected chi connectivity index (χ1v) is 6.81. The van der Waals surface area contributed by atoms with Gasteiger partial charge in [0.15, 0.2) is 0 Å². The monoisotopic (exact) mass is 224 g/mol. The van der Waals surface area contributed by atoms with Crippen molar-refractivity contribution in [3.63, 3.8) is 0 Å². The Morgan fingerprint density at radius 1 is 1.06 bits per heavy atom. The van der Waals surface area contributed by atoms with Crippen LogP contribution in [-0.4, -0.2) is 29.9 Å². The predicted molar refractivity (Wildman–Crippen MR) is 65.0 cm³/mol. The minimum atomic E-state index is -0.115. The van der Waals surface area contributed by atoms with Crippen molar-refractivity contribution in [2.75, 3.05) is 13.1 Å². The van der Waals surface area contributed by atoms with Crippen LogP contribution >= 0.6 is 0 Å². The van der Waals surface area contributed by atoms with E-state index in [4.69, 9.17) is 5.73 Å². The Hall–Kier alpha value is -0.570. The summed E-state index contributed by atoms with van der Waals surface area (Å²) in [5, 5.41) is 0. The molecule has 1 saturated carbocycles. The fourth-order valence-corrected chi connectivity index (χ4v) is 3.23. The van der Waals surface area contributed by atoms with E-state index in [9.17, 15) is 4.79 Å². The number of hydrogen-bond donors (Lipinski definition) is 1. The topological polar surface area (TPSA) is 46.3 Å². The number of piperidine rings is 1. The van der Waals surface area contributed by atoms with Gasteiger partial charge >= 0.3 is 0 Å². The highest BCUT2D eigenvalue weighted by molar-refractivity contribution is 5.79. The van der Waals surface area contributed by atoms with Gasteiger partial charge in [-0.15, -0.1) is 0 Å². The summed E-state index contributed by atoms with van der Waals surface area (Å²) < 4.78 is 0. The minimum absolute atomic E-state index is 0.0238. The van der Waals surface area contributed by atoms with E-state index in [2.05, 4.69) is 4.90 Å². The Morgan fingerprint density at radius 3 is 2.44 bits per heavy atom. The molecule has 1 aliphatic carbocycles. The lowest BCUT2D eigenvalue weighted by molar-refractivity contribution is -0.124. The van der Waals surface area contributed by atoms with Gasteiger partial charge in [0.1, 0.15) is 0 Å². The van der Waals surface area contributed by atoms with Gasteiger partial charge in [-0.2, -0.15) is 0 Å². The first kappa shape index (κ1) is 11.9. The van der Waals surface area contributed by atoms with E-state index < -0.39 is 0 Å². The molecule has 2 N–H and O–H groups in total. The number of carbonyl (C=O) groups excluding carboxylic acids is 1. The van der Waals surface area contributed by atoms with Gasteiger partial charge in [0.25, 0.3) is 0 Å². The minimum Gasteiger partial charge on any atom is -0.368 e. The number of nitrogens with two attached hydrogens (primary N) is 1. The molecule has 1 unspecified atom stereocenters. The normalized spacial score (nSPS) is 29.1. The first-order valence-electron chi connectivity index (χ1n) is 6.81. The summed E-state index contributed by atoms with van der Waals surface area (Å²) in [6, 6.07) is 0.0238. The number of primary amides is 1. The largest absolute Gasteiger partial charge is 0.368 e. The van der Waals surface area contributed by atoms with E-state index in [0.717, 1.165) is 31.8 Å². The Bertz CT molecular complexity index is 236. The molecule has 0 aromatic heterocycles. The lowest BCUT2D eigenvalue weighted by Crippen LogP contribution is -2.49. The zero-order valence-electron chi connectivity index (χ0n) is 10.2. The van der Waals surface area contributed by atoms with Gasteiger partial charge in [-0.05, 0) is 38.1 Å². The predicted octanol–water partition coefficient (Wildman–Crippen LogP) is 1.91. The molecule has 1 saturated heterocycles. The van der Waals surface area contributed by atoms with Crippen molar-refractivity contribution in [2.45, 2.75) is 57.4 Å². The molecule has 2 fully saturated rings. The summed E-state index contributed by atoms with van der Waals surface area (Å²) in [5.41, 5.74) is 5.48. The summed E-state index contributed by atoms with van der Waals surface area (Å²) >= 11 is 0. The van der Waals surface area contributed by atoms with Crippen LogP contribution in [-0.2, 0) is 4.79 Å². The zero-order valence-corrected chi connectivity index (χ0v) is 10.2. The fraction of sp³-hybridized carbons (Fsp3) is 0.923. The highest BCUT2D eigenvalue weighted by Crippen LogP contribution is 2.27. The van der Waals surface area contributed by atoms with Crippen LogP contribution < -0.4 is 5.73 Å². The number of carbonyl (C=O) groups is 1. The Kier molecular flexibility index (Phi) is 4.22. The van der Waals surface area contributed by atoms with Crippen LogP contribution in [0.3, 0.4) is 0 Å². The average molecular weight is 224 g/mol. The molecule has 0 spiro atoms. The molecule has 0 radical (unpaired) electrons. The summed E-state index contributed by atoms with van der Waals surface area (Å²) in [5.74, 6) is 0.698. The van der Waals surface area contributed by atoms with Crippen molar-refractivity contribution in [1.82, 2.24) is 4.90 Å². The fourth-order valence-electron chi connectivity index (χ4n) is 3.23. The van der Waals surface area contributed by atoms with Gasteiger partial charge in [-0.25, -0.2) is 0 Å². The van der Waals surface area contributed by atoms with Crippen molar-refractivity contribution >= 4 is 5.91 Å². The van der Waals surface area contributed by atoms with Gasteiger partial charge in [-0.1, -0.05) is 25.7 Å². The molecule has 16 heavy (non-hydrogen) atoms. The molecule has 92 valence electrons. The van der Waals surface area contributed by atoms with Crippen molar-refractivity contribution in [1.29, 1.82) is 0 Å². The first-order chi connectivity index (χ1) is 7.77. The maximum atomic E-state index is 11.4. The molecule has 0 bridgehead atoms. The van der Waals surface area contributed by atoms with Crippen LogP contribution in [0.4, 0.5) is 0 Å². The summed E-state index contributed by atoms with van der Waals surface area (Å²) in [6.07, 6.45) is 10.2. The maximum absolute atomic E-state index is 11.4. The second kappa shape index (κ2) is 5.67. The summed E-state index contributed by atoms with van der Waals surface area (Å²) in [7, 11) is 0. The van der Waals surface area contributed by atoms with Crippen LogP contribution in [0.5, 0.6) is 0 Å². The molecule has 1 amide bonds. The third-order valence-electron chi connectivity index (χ3n) is 4.16. The third-order valence-corrected chi connectivity index (χ3v) is 4.16. The molecule has 3 heteroatoms. The van der Waals surface area contributed by atoms with Crippen LogP contribution in [0.2, 0.25) is 0 Å². The van der Waals surface area contributed by atoms with Crippen LogP contribution in [0.15, 0.2) is 0 Å². The van der Waals surface area contributed by atoms with E-state index in [0.29, 0.717) is 0 Å². The standard InChI is InChI=1S/C13H24N2O/c14-13(16)12-8-4-5-9-15(12)10-11-6-2-1-3-7-11/h11-12H,1-10H2,(H2,14,16). The SMILES string of the molecule is NC(=O)C1CCCCN1CC1CCCCC1. The Morgan fingerprint density at radius 2 is 1.75 bits per heavy atom. The van der Waals surface area contributed by atoms with E-state index in [-0.39, 0.29) is 11.9 Å². The summed E-state index contributed by atoms with van der Waals surface area (Å²) in [4.78, 5) is 13.7. The van der Waals surface area contributed by atoms with E-state index >= 15 is 0 Å².